The summed E-state index contributed by atoms with van der Waals surface area (Å²) < 4.78 is 0.729. The Morgan fingerprint density at radius 1 is 1.23 bits per heavy atom. The van der Waals surface area contributed by atoms with Crippen LogP contribution in [0.25, 0.3) is 0 Å². The Balaban J connectivity index is 1.87. The summed E-state index contributed by atoms with van der Waals surface area (Å²) in [6.45, 7) is 1.80. The summed E-state index contributed by atoms with van der Waals surface area (Å²) in [6, 6.07) is 14.2. The Labute approximate surface area is 156 Å². The molecule has 2 aromatic rings. The number of benzene rings is 2. The number of hydrogen-bond acceptors (Lipinski definition) is 5. The first-order chi connectivity index (χ1) is 12.6. The molecule has 1 unspecified atom stereocenters. The van der Waals surface area contributed by atoms with Crippen molar-refractivity contribution in [1.82, 2.24) is 10.6 Å². The van der Waals surface area contributed by atoms with Crippen LogP contribution in [0.1, 0.15) is 15.9 Å². The zero-order valence-electron chi connectivity index (χ0n) is 13.9. The molecule has 0 aliphatic carbocycles. The zero-order chi connectivity index (χ0) is 18.5. The monoisotopic (exact) mass is 416 g/mol. The van der Waals surface area contributed by atoms with Crippen molar-refractivity contribution in [2.45, 2.75) is 12.0 Å². The molecule has 3 rings (SSSR count). The summed E-state index contributed by atoms with van der Waals surface area (Å²) in [7, 11) is 0. The van der Waals surface area contributed by atoms with Gasteiger partial charge < -0.3 is 0 Å². The molecular weight excluding hydrogens is 399 g/mol. The molecule has 26 heavy (non-hydrogen) atoms. The van der Waals surface area contributed by atoms with Gasteiger partial charge in [0.25, 0.3) is 0 Å². The average molecular weight is 415 g/mol. The molecule has 2 amide bonds. The first-order valence-electron chi connectivity index (χ1n) is 7.79. The third kappa shape index (κ3) is 3.82. The Hall–Kier alpha value is -2.96. The summed E-state index contributed by atoms with van der Waals surface area (Å²) in [4.78, 5) is 36.1. The second-order valence-corrected chi connectivity index (χ2v) is 7.89. The number of nitrogens with one attached hydrogen (secondary N) is 2. The van der Waals surface area contributed by atoms with E-state index in [9.17, 15) is 14.5 Å². The van der Waals surface area contributed by atoms with E-state index in [0.717, 1.165) is 10.2 Å². The Morgan fingerprint density at radius 3 is 2.69 bits per heavy atom. The molecule has 2 aromatic carbocycles. The molecule has 8 heteroatoms. The van der Waals surface area contributed by atoms with E-state index in [-0.39, 0.29) is 25.9 Å². The van der Waals surface area contributed by atoms with E-state index in [1.165, 1.54) is 0 Å². The van der Waals surface area contributed by atoms with Crippen LogP contribution in [-0.4, -0.2) is 32.3 Å². The number of carbonyl (C=O) groups excluding carboxylic acids is 2. The van der Waals surface area contributed by atoms with Gasteiger partial charge in [-0.05, 0) is 0 Å². The molecule has 7 nitrogen and oxygen atoms in total. The van der Waals surface area contributed by atoms with E-state index in [1.54, 1.807) is 49.5 Å². The van der Waals surface area contributed by atoms with E-state index >= 15 is 0 Å². The zero-order valence-corrected chi connectivity index (χ0v) is 15.6. The van der Waals surface area contributed by atoms with Gasteiger partial charge in [-0.1, -0.05) is 0 Å². The number of hydrogen-bond donors (Lipinski definition) is 2. The molecule has 1 aliphatic rings. The van der Waals surface area contributed by atoms with Crippen LogP contribution >= 0.6 is 0 Å². The molecule has 0 fully saturated rings. The van der Waals surface area contributed by atoms with Crippen LogP contribution in [0.4, 0.5) is 11.4 Å². The van der Waals surface area contributed by atoms with Crippen molar-refractivity contribution >= 4 is 38.6 Å². The van der Waals surface area contributed by atoms with Crippen molar-refractivity contribution < 1.29 is 9.59 Å². The Morgan fingerprint density at radius 2 is 2.00 bits per heavy atom. The average Bonchev–Trinajstić information content (AvgIpc) is 3.05. The quantitative estimate of drug-likeness (QED) is 0.430. The van der Waals surface area contributed by atoms with Gasteiger partial charge in [0.15, 0.2) is 0 Å². The second-order valence-electron chi connectivity index (χ2n) is 5.53. The number of carbonyl (C=O) groups is 2. The molecule has 132 valence electrons. The third-order valence-electron chi connectivity index (χ3n) is 3.83. The van der Waals surface area contributed by atoms with Crippen LogP contribution in [0.2, 0.25) is 0 Å². The molecule has 0 saturated carbocycles. The minimum atomic E-state index is -0.333. The van der Waals surface area contributed by atoms with Crippen molar-refractivity contribution in [3.8, 4) is 0 Å². The van der Waals surface area contributed by atoms with Gasteiger partial charge in [0, 0.05) is 0 Å². The van der Waals surface area contributed by atoms with Crippen LogP contribution in [-0.2, 0) is 4.79 Å². The van der Waals surface area contributed by atoms with Gasteiger partial charge in [0.2, 0.25) is 0 Å². The summed E-state index contributed by atoms with van der Waals surface area (Å²) >= 11 is -0.217. The standard InChI is InChI=1S/C18H16N4O3Se/c1-12-7-8-14(9-15(12)21-25)22-10-16(19-11-23)26-18(22)20-17(24)13-5-3-2-4-6-13/h2-11,18H,1H3,(H,19,23)(H,20,24). The van der Waals surface area contributed by atoms with Crippen LogP contribution in [0.15, 0.2) is 64.5 Å². The number of anilines is 1. The normalized spacial score (nSPS) is 16.0. The van der Waals surface area contributed by atoms with Gasteiger partial charge in [-0.15, -0.1) is 0 Å². The van der Waals surface area contributed by atoms with Crippen molar-refractivity contribution in [2.24, 2.45) is 5.18 Å². The molecular formula is C18H16N4O3Se. The summed E-state index contributed by atoms with van der Waals surface area (Å²) in [5.41, 5.74) is 2.38. The number of amides is 2. The fourth-order valence-corrected chi connectivity index (χ4v) is 4.57. The fourth-order valence-electron chi connectivity index (χ4n) is 2.48. The van der Waals surface area contributed by atoms with Crippen molar-refractivity contribution in [3.05, 3.63) is 75.4 Å². The summed E-state index contributed by atoms with van der Waals surface area (Å²) in [6.07, 6.45) is 2.38. The van der Waals surface area contributed by atoms with Gasteiger partial charge in [0.1, 0.15) is 0 Å². The first-order valence-corrected chi connectivity index (χ1v) is 9.64. The van der Waals surface area contributed by atoms with Crippen molar-refractivity contribution in [2.75, 3.05) is 4.90 Å². The maximum absolute atomic E-state index is 12.5. The molecule has 1 aliphatic heterocycles. The maximum atomic E-state index is 12.5. The fraction of sp³-hybridized carbons (Fsp3) is 0.111. The summed E-state index contributed by atoms with van der Waals surface area (Å²) in [5.74, 6) is -0.205. The summed E-state index contributed by atoms with van der Waals surface area (Å²) in [5, 5.41) is 8.35. The van der Waals surface area contributed by atoms with Crippen LogP contribution in [0.5, 0.6) is 0 Å². The second kappa shape index (κ2) is 7.95. The van der Waals surface area contributed by atoms with Gasteiger partial charge >= 0.3 is 156 Å². The van der Waals surface area contributed by atoms with Gasteiger partial charge in [0.05, 0.1) is 0 Å². The number of aryl methyl sites for hydroxylation is 1. The van der Waals surface area contributed by atoms with Gasteiger partial charge in [-0.25, -0.2) is 0 Å². The van der Waals surface area contributed by atoms with E-state index in [4.69, 9.17) is 0 Å². The molecule has 0 radical (unpaired) electrons. The Kier molecular flexibility index (Phi) is 5.46. The van der Waals surface area contributed by atoms with E-state index in [0.29, 0.717) is 23.3 Å². The Bertz CT molecular complexity index is 870. The van der Waals surface area contributed by atoms with Crippen molar-refractivity contribution in [3.63, 3.8) is 0 Å². The predicted octanol–water partition coefficient (Wildman–Crippen LogP) is 2.18. The number of nitrogens with zero attached hydrogens (tertiary/aromatic N) is 2. The van der Waals surface area contributed by atoms with E-state index in [2.05, 4.69) is 15.8 Å². The van der Waals surface area contributed by atoms with Crippen LogP contribution in [0, 0.1) is 11.8 Å². The molecule has 0 saturated heterocycles. The molecule has 0 aromatic heterocycles. The first kappa shape index (κ1) is 17.8. The predicted molar refractivity (Wildman–Crippen MR) is 99.8 cm³/mol. The molecule has 1 heterocycles. The van der Waals surface area contributed by atoms with Crippen LogP contribution in [0.3, 0.4) is 0 Å². The topological polar surface area (TPSA) is 90.9 Å². The van der Waals surface area contributed by atoms with E-state index in [1.807, 2.05) is 17.0 Å². The number of nitroso groups, excluding NO2 is 1. The van der Waals surface area contributed by atoms with Gasteiger partial charge in [-0.2, -0.15) is 0 Å². The molecule has 2 N–H and O–H groups in total. The van der Waals surface area contributed by atoms with E-state index < -0.39 is 0 Å². The molecule has 0 bridgehead atoms. The molecule has 1 atom stereocenters. The minimum absolute atomic E-state index is 0.205. The van der Waals surface area contributed by atoms with Crippen molar-refractivity contribution in [1.29, 1.82) is 0 Å². The SMILES string of the molecule is Cc1ccc(N2C=C(NC=O)[Se]C2NC(=O)c2ccccc2)cc1N=O. The molecule has 0 spiro atoms. The van der Waals surface area contributed by atoms with Gasteiger partial charge in [-0.3, -0.25) is 0 Å². The number of rotatable bonds is 6. The van der Waals surface area contributed by atoms with Crippen LogP contribution < -0.4 is 15.5 Å². The third-order valence-corrected chi connectivity index (χ3v) is 6.02.